The molecule has 1 aliphatic rings. The summed E-state index contributed by atoms with van der Waals surface area (Å²) in [5.74, 6) is 1.54. The summed E-state index contributed by atoms with van der Waals surface area (Å²) >= 11 is 1.46. The van der Waals surface area contributed by atoms with Crippen LogP contribution in [0.2, 0.25) is 0 Å². The number of thioether (sulfide) groups is 1. The summed E-state index contributed by atoms with van der Waals surface area (Å²) in [6.45, 7) is 6.73. The molecule has 3 rings (SSSR count). The lowest BCUT2D eigenvalue weighted by Crippen LogP contribution is -2.31. The zero-order valence-corrected chi connectivity index (χ0v) is 14.6. The van der Waals surface area contributed by atoms with Gasteiger partial charge in [0.05, 0.1) is 11.8 Å². The molecule has 0 saturated heterocycles. The highest BCUT2D eigenvalue weighted by Crippen LogP contribution is 2.40. The van der Waals surface area contributed by atoms with Crippen molar-refractivity contribution in [3.63, 3.8) is 0 Å². The quantitative estimate of drug-likeness (QED) is 0.592. The van der Waals surface area contributed by atoms with Crippen LogP contribution in [0.4, 0.5) is 0 Å². The Hall–Kier alpha value is -2.08. The second-order valence-electron chi connectivity index (χ2n) is 5.98. The first-order chi connectivity index (χ1) is 11.7. The van der Waals surface area contributed by atoms with Crippen molar-refractivity contribution < 1.29 is 4.79 Å². The molecule has 5 nitrogen and oxygen atoms in total. The van der Waals surface area contributed by atoms with Crippen LogP contribution >= 0.6 is 11.8 Å². The van der Waals surface area contributed by atoms with Gasteiger partial charge in [0.25, 0.3) is 0 Å². The maximum absolute atomic E-state index is 12.1. The summed E-state index contributed by atoms with van der Waals surface area (Å²) in [5, 5.41) is 12.2. The van der Waals surface area contributed by atoms with Gasteiger partial charge in [0.1, 0.15) is 5.82 Å². The van der Waals surface area contributed by atoms with Crippen LogP contribution in [-0.2, 0) is 11.3 Å². The molecular weight excluding hydrogens is 320 g/mol. The lowest BCUT2D eigenvalue weighted by Gasteiger charge is -2.13. The fraction of sp³-hybridized carbons (Fsp3) is 0.389. The minimum Gasteiger partial charge on any atom is -0.352 e. The predicted molar refractivity (Wildman–Crippen MR) is 96.1 cm³/mol. The molecule has 0 aliphatic heterocycles. The van der Waals surface area contributed by atoms with Crippen molar-refractivity contribution in [2.45, 2.75) is 42.6 Å². The van der Waals surface area contributed by atoms with E-state index in [4.69, 9.17) is 0 Å². The molecule has 2 aromatic rings. The van der Waals surface area contributed by atoms with Crippen molar-refractivity contribution in [3.05, 3.63) is 54.4 Å². The van der Waals surface area contributed by atoms with E-state index in [1.165, 1.54) is 30.2 Å². The summed E-state index contributed by atoms with van der Waals surface area (Å²) in [6, 6.07) is 10.3. The maximum atomic E-state index is 12.1. The van der Waals surface area contributed by atoms with Crippen molar-refractivity contribution in [1.29, 1.82) is 0 Å². The van der Waals surface area contributed by atoms with Gasteiger partial charge in [-0.1, -0.05) is 48.2 Å². The van der Waals surface area contributed by atoms with Crippen LogP contribution in [-0.4, -0.2) is 32.5 Å². The van der Waals surface area contributed by atoms with Gasteiger partial charge < -0.3 is 9.88 Å². The molecule has 0 bridgehead atoms. The highest BCUT2D eigenvalue weighted by molar-refractivity contribution is 8.00. The van der Waals surface area contributed by atoms with E-state index in [1.54, 1.807) is 6.08 Å². The molecule has 1 N–H and O–H groups in total. The molecule has 1 fully saturated rings. The average Bonchev–Trinajstić information content (AvgIpc) is 3.37. The smallest absolute Gasteiger partial charge is 0.233 e. The molecule has 1 atom stereocenters. The molecule has 1 saturated carbocycles. The van der Waals surface area contributed by atoms with Gasteiger partial charge in [-0.3, -0.25) is 4.79 Å². The van der Waals surface area contributed by atoms with Crippen LogP contribution in [0.1, 0.15) is 37.1 Å². The van der Waals surface area contributed by atoms with E-state index in [9.17, 15) is 4.79 Å². The molecule has 24 heavy (non-hydrogen) atoms. The first-order valence-electron chi connectivity index (χ1n) is 8.21. The van der Waals surface area contributed by atoms with Crippen molar-refractivity contribution >= 4 is 17.7 Å². The number of carbonyl (C=O) groups excluding carboxylic acids is 1. The van der Waals surface area contributed by atoms with Gasteiger partial charge in [-0.25, -0.2) is 0 Å². The molecule has 1 amide bonds. The van der Waals surface area contributed by atoms with Crippen LogP contribution in [0.25, 0.3) is 0 Å². The van der Waals surface area contributed by atoms with E-state index in [0.29, 0.717) is 12.5 Å². The van der Waals surface area contributed by atoms with E-state index < -0.39 is 0 Å². The first kappa shape index (κ1) is 16.8. The fourth-order valence-corrected chi connectivity index (χ4v) is 3.35. The zero-order chi connectivity index (χ0) is 16.9. The number of nitrogens with one attached hydrogen (secondary N) is 1. The normalized spacial score (nSPS) is 15.0. The third-order valence-corrected chi connectivity index (χ3v) is 5.02. The van der Waals surface area contributed by atoms with Crippen LogP contribution in [0.3, 0.4) is 0 Å². The largest absolute Gasteiger partial charge is 0.352 e. The van der Waals surface area contributed by atoms with Crippen LogP contribution in [0.15, 0.2) is 48.1 Å². The van der Waals surface area contributed by atoms with E-state index in [-0.39, 0.29) is 11.2 Å². The topological polar surface area (TPSA) is 59.8 Å². The average molecular weight is 342 g/mol. The molecule has 126 valence electrons. The molecule has 0 radical (unpaired) electrons. The Balaban J connectivity index is 1.77. The highest BCUT2D eigenvalue weighted by Gasteiger charge is 2.31. The molecule has 0 unspecified atom stereocenters. The lowest BCUT2D eigenvalue weighted by molar-refractivity contribution is -0.120. The van der Waals surface area contributed by atoms with E-state index in [0.717, 1.165) is 17.5 Å². The van der Waals surface area contributed by atoms with E-state index in [1.807, 2.05) is 25.1 Å². The second-order valence-corrected chi connectivity index (χ2v) is 7.29. The highest BCUT2D eigenvalue weighted by atomic mass is 32.2. The maximum Gasteiger partial charge on any atom is 0.233 e. The summed E-state index contributed by atoms with van der Waals surface area (Å²) in [4.78, 5) is 12.1. The first-order valence-corrected chi connectivity index (χ1v) is 9.09. The van der Waals surface area contributed by atoms with Gasteiger partial charge in [0.2, 0.25) is 5.91 Å². The molecular formula is C18H22N4OS. The van der Waals surface area contributed by atoms with E-state index in [2.05, 4.69) is 38.8 Å². The van der Waals surface area contributed by atoms with Gasteiger partial charge in [-0.2, -0.15) is 0 Å². The Morgan fingerprint density at radius 3 is 2.83 bits per heavy atom. The van der Waals surface area contributed by atoms with Gasteiger partial charge in [0, 0.05) is 12.5 Å². The number of hydrogen-bond donors (Lipinski definition) is 1. The Bertz CT molecular complexity index is 709. The predicted octanol–water partition coefficient (Wildman–Crippen LogP) is 2.99. The van der Waals surface area contributed by atoms with Crippen LogP contribution in [0.5, 0.6) is 0 Å². The van der Waals surface area contributed by atoms with Crippen molar-refractivity contribution in [2.75, 3.05) is 6.54 Å². The SMILES string of the molecule is C=CCNC(=O)[C@H](C)Sc1nnc(C2CC2)n1Cc1ccccc1. The van der Waals surface area contributed by atoms with Gasteiger partial charge in [0.15, 0.2) is 5.16 Å². The number of hydrogen-bond acceptors (Lipinski definition) is 4. The third-order valence-electron chi connectivity index (χ3n) is 3.94. The van der Waals surface area contributed by atoms with Gasteiger partial charge >= 0.3 is 0 Å². The number of amides is 1. The molecule has 1 aliphatic carbocycles. The Morgan fingerprint density at radius 2 is 2.17 bits per heavy atom. The molecule has 1 aromatic carbocycles. The minimum absolute atomic E-state index is 0.0119. The zero-order valence-electron chi connectivity index (χ0n) is 13.8. The van der Waals surface area contributed by atoms with Gasteiger partial charge in [-0.15, -0.1) is 16.8 Å². The fourth-order valence-electron chi connectivity index (χ4n) is 2.47. The number of rotatable bonds is 8. The molecule has 0 spiro atoms. The second kappa shape index (κ2) is 7.66. The summed E-state index contributed by atoms with van der Waals surface area (Å²) in [5.41, 5.74) is 1.21. The Morgan fingerprint density at radius 1 is 1.42 bits per heavy atom. The monoisotopic (exact) mass is 342 g/mol. The van der Waals surface area contributed by atoms with Crippen molar-refractivity contribution in [1.82, 2.24) is 20.1 Å². The summed E-state index contributed by atoms with van der Waals surface area (Å²) in [6.07, 6.45) is 4.03. The molecule has 6 heteroatoms. The number of benzene rings is 1. The third kappa shape index (κ3) is 4.06. The van der Waals surface area contributed by atoms with Crippen molar-refractivity contribution in [2.24, 2.45) is 0 Å². The summed E-state index contributed by atoms with van der Waals surface area (Å²) in [7, 11) is 0. The van der Waals surface area contributed by atoms with Gasteiger partial charge in [-0.05, 0) is 25.3 Å². The lowest BCUT2D eigenvalue weighted by atomic mass is 10.2. The molecule has 1 heterocycles. The van der Waals surface area contributed by atoms with Crippen LogP contribution < -0.4 is 5.32 Å². The van der Waals surface area contributed by atoms with E-state index >= 15 is 0 Å². The van der Waals surface area contributed by atoms with Crippen molar-refractivity contribution in [3.8, 4) is 0 Å². The number of aromatic nitrogens is 3. The Labute approximate surface area is 146 Å². The standard InChI is InChI=1S/C18H22N4OS/c1-3-11-19-17(23)13(2)24-18-21-20-16(15-9-10-15)22(18)12-14-7-5-4-6-8-14/h3-8,13,15H,1,9-12H2,2H3,(H,19,23)/t13-/m0/s1. The minimum atomic E-state index is -0.226. The summed E-state index contributed by atoms with van der Waals surface area (Å²) < 4.78 is 2.16. The number of nitrogens with zero attached hydrogens (tertiary/aromatic N) is 3. The molecule has 1 aromatic heterocycles. The van der Waals surface area contributed by atoms with Crippen LogP contribution in [0, 0.1) is 0 Å². The Kier molecular flexibility index (Phi) is 5.35. The number of carbonyl (C=O) groups is 1.